The Morgan fingerprint density at radius 1 is 1.42 bits per heavy atom. The second-order valence-electron chi connectivity index (χ2n) is 5.79. The summed E-state index contributed by atoms with van der Waals surface area (Å²) in [6, 6.07) is 5.04. The first-order valence-electron chi connectivity index (χ1n) is 6.49. The van der Waals surface area contributed by atoms with Crippen LogP contribution in [0.5, 0.6) is 5.75 Å². The molecule has 1 aromatic carbocycles. The van der Waals surface area contributed by atoms with Crippen LogP contribution in [0.2, 0.25) is 0 Å². The van der Waals surface area contributed by atoms with Gasteiger partial charge in [0.25, 0.3) is 5.91 Å². The lowest BCUT2D eigenvalue weighted by molar-refractivity contribution is 0.0922. The largest absolute Gasteiger partial charge is 0.496 e. The van der Waals surface area contributed by atoms with E-state index >= 15 is 0 Å². The number of hydrogen-bond acceptors (Lipinski definition) is 3. The van der Waals surface area contributed by atoms with E-state index in [0.717, 1.165) is 0 Å². The number of benzene rings is 1. The van der Waals surface area contributed by atoms with E-state index in [-0.39, 0.29) is 11.3 Å². The number of ether oxygens (including phenoxy) is 1. The van der Waals surface area contributed by atoms with Crippen LogP contribution >= 0.6 is 0 Å². The summed E-state index contributed by atoms with van der Waals surface area (Å²) in [5.74, 6) is 0.853. The van der Waals surface area contributed by atoms with Gasteiger partial charge in [-0.3, -0.25) is 4.79 Å². The van der Waals surface area contributed by atoms with E-state index in [1.807, 2.05) is 0 Å². The number of carbonyl (C=O) groups excluding carboxylic acids is 1. The van der Waals surface area contributed by atoms with Gasteiger partial charge in [-0.1, -0.05) is 27.7 Å². The molecule has 0 aliphatic rings. The van der Waals surface area contributed by atoms with E-state index in [9.17, 15) is 4.79 Å². The summed E-state index contributed by atoms with van der Waals surface area (Å²) < 4.78 is 5.19. The molecule has 1 rings (SSSR count). The van der Waals surface area contributed by atoms with Crippen molar-refractivity contribution in [2.24, 2.45) is 11.3 Å². The van der Waals surface area contributed by atoms with Gasteiger partial charge in [0.2, 0.25) is 0 Å². The molecule has 1 amide bonds. The van der Waals surface area contributed by atoms with E-state index in [4.69, 9.17) is 10.5 Å². The number of nitrogens with two attached hydrogens (primary N) is 1. The van der Waals surface area contributed by atoms with E-state index in [0.29, 0.717) is 29.5 Å². The highest BCUT2D eigenvalue weighted by Gasteiger charge is 2.23. The molecule has 0 saturated heterocycles. The van der Waals surface area contributed by atoms with Gasteiger partial charge in [-0.25, -0.2) is 0 Å². The van der Waals surface area contributed by atoms with Crippen LogP contribution in [-0.4, -0.2) is 19.6 Å². The first-order valence-corrected chi connectivity index (χ1v) is 6.49. The number of hydrogen-bond donors (Lipinski definition) is 2. The van der Waals surface area contributed by atoms with Crippen molar-refractivity contribution < 1.29 is 9.53 Å². The van der Waals surface area contributed by atoms with Crippen LogP contribution < -0.4 is 15.8 Å². The van der Waals surface area contributed by atoms with Crippen LogP contribution in [0.3, 0.4) is 0 Å². The maximum Gasteiger partial charge on any atom is 0.255 e. The molecule has 0 aromatic heterocycles. The maximum atomic E-state index is 12.2. The Hall–Kier alpha value is -1.71. The lowest BCUT2D eigenvalue weighted by Gasteiger charge is -2.29. The van der Waals surface area contributed by atoms with Crippen molar-refractivity contribution >= 4 is 11.6 Å². The zero-order chi connectivity index (χ0) is 14.6. The monoisotopic (exact) mass is 264 g/mol. The van der Waals surface area contributed by atoms with Gasteiger partial charge in [-0.05, 0) is 23.5 Å². The normalized spacial score (nSPS) is 11.5. The van der Waals surface area contributed by atoms with Crippen molar-refractivity contribution in [3.8, 4) is 5.75 Å². The Balaban J connectivity index is 2.79. The fourth-order valence-electron chi connectivity index (χ4n) is 1.50. The molecule has 1 aromatic rings. The highest BCUT2D eigenvalue weighted by Crippen LogP contribution is 2.26. The number of rotatable bonds is 5. The molecule has 4 heteroatoms. The molecule has 0 aliphatic carbocycles. The van der Waals surface area contributed by atoms with Crippen LogP contribution in [-0.2, 0) is 0 Å². The molecule has 0 aliphatic heterocycles. The van der Waals surface area contributed by atoms with E-state index in [1.165, 1.54) is 7.11 Å². The average molecular weight is 264 g/mol. The zero-order valence-electron chi connectivity index (χ0n) is 12.4. The van der Waals surface area contributed by atoms with Crippen LogP contribution in [0.15, 0.2) is 18.2 Å². The highest BCUT2D eigenvalue weighted by molar-refractivity contribution is 5.97. The molecule has 0 saturated carbocycles. The molecule has 4 nitrogen and oxygen atoms in total. The topological polar surface area (TPSA) is 64.3 Å². The highest BCUT2D eigenvalue weighted by atomic mass is 16.5. The molecule has 0 atom stereocenters. The van der Waals surface area contributed by atoms with Gasteiger partial charge < -0.3 is 15.8 Å². The molecule has 106 valence electrons. The van der Waals surface area contributed by atoms with Gasteiger partial charge in [0.15, 0.2) is 0 Å². The number of anilines is 1. The third-order valence-corrected chi connectivity index (χ3v) is 3.74. The quantitative estimate of drug-likeness (QED) is 0.804. The van der Waals surface area contributed by atoms with Gasteiger partial charge in [0.1, 0.15) is 5.75 Å². The molecular weight excluding hydrogens is 240 g/mol. The van der Waals surface area contributed by atoms with Crippen molar-refractivity contribution in [1.82, 2.24) is 5.32 Å². The van der Waals surface area contributed by atoms with Crippen molar-refractivity contribution in [3.05, 3.63) is 23.8 Å². The molecule has 0 unspecified atom stereocenters. The molecule has 0 heterocycles. The molecule has 0 spiro atoms. The van der Waals surface area contributed by atoms with Gasteiger partial charge in [-0.15, -0.1) is 0 Å². The molecular formula is C15H24N2O2. The fraction of sp³-hybridized carbons (Fsp3) is 0.533. The third-order valence-electron chi connectivity index (χ3n) is 3.74. The third kappa shape index (κ3) is 3.88. The molecule has 0 fully saturated rings. The van der Waals surface area contributed by atoms with Gasteiger partial charge >= 0.3 is 0 Å². The minimum absolute atomic E-state index is 0.0523. The van der Waals surface area contributed by atoms with Crippen LogP contribution in [0.4, 0.5) is 5.69 Å². The number of methoxy groups -OCH3 is 1. The summed E-state index contributed by atoms with van der Waals surface area (Å²) in [5.41, 5.74) is 6.82. The van der Waals surface area contributed by atoms with Gasteiger partial charge in [-0.2, -0.15) is 0 Å². The summed E-state index contributed by atoms with van der Waals surface area (Å²) in [6.07, 6.45) is 0. The lowest BCUT2D eigenvalue weighted by Crippen LogP contribution is -2.37. The minimum atomic E-state index is -0.134. The van der Waals surface area contributed by atoms with Crippen molar-refractivity contribution in [1.29, 1.82) is 0 Å². The first-order chi connectivity index (χ1) is 8.77. The number of amides is 1. The Morgan fingerprint density at radius 3 is 2.58 bits per heavy atom. The number of nitrogen functional groups attached to an aromatic ring is 1. The van der Waals surface area contributed by atoms with E-state index in [2.05, 4.69) is 33.0 Å². The Morgan fingerprint density at radius 2 is 2.05 bits per heavy atom. The van der Waals surface area contributed by atoms with Crippen LogP contribution in [0.1, 0.15) is 38.1 Å². The standard InChI is InChI=1S/C15H24N2O2/c1-10(2)15(3,4)9-17-14(18)12-7-6-11(16)8-13(12)19-5/h6-8,10H,9,16H2,1-5H3,(H,17,18). The smallest absolute Gasteiger partial charge is 0.255 e. The SMILES string of the molecule is COc1cc(N)ccc1C(=O)NCC(C)(C)C(C)C. The first kappa shape index (κ1) is 15.3. The number of carbonyl (C=O) groups is 1. The second-order valence-corrected chi connectivity index (χ2v) is 5.79. The fourth-order valence-corrected chi connectivity index (χ4v) is 1.50. The molecule has 19 heavy (non-hydrogen) atoms. The van der Waals surface area contributed by atoms with E-state index < -0.39 is 0 Å². The van der Waals surface area contributed by atoms with Crippen LogP contribution in [0.25, 0.3) is 0 Å². The van der Waals surface area contributed by atoms with Crippen molar-refractivity contribution in [2.75, 3.05) is 19.4 Å². The predicted molar refractivity (Wildman–Crippen MR) is 78.4 cm³/mol. The average Bonchev–Trinajstić information content (AvgIpc) is 2.35. The molecule has 0 bridgehead atoms. The minimum Gasteiger partial charge on any atom is -0.496 e. The van der Waals surface area contributed by atoms with Crippen molar-refractivity contribution in [2.45, 2.75) is 27.7 Å². The number of nitrogens with one attached hydrogen (secondary N) is 1. The Bertz CT molecular complexity index is 453. The molecule has 3 N–H and O–H groups in total. The zero-order valence-corrected chi connectivity index (χ0v) is 12.4. The van der Waals surface area contributed by atoms with Gasteiger partial charge in [0, 0.05) is 18.3 Å². The summed E-state index contributed by atoms with van der Waals surface area (Å²) in [4.78, 5) is 12.2. The Kier molecular flexibility index (Phi) is 4.81. The summed E-state index contributed by atoms with van der Waals surface area (Å²) in [5, 5.41) is 2.95. The van der Waals surface area contributed by atoms with Crippen LogP contribution in [0, 0.1) is 11.3 Å². The predicted octanol–water partition coefficient (Wildman–Crippen LogP) is 2.69. The summed E-state index contributed by atoms with van der Waals surface area (Å²) in [6.45, 7) is 9.19. The van der Waals surface area contributed by atoms with E-state index in [1.54, 1.807) is 18.2 Å². The van der Waals surface area contributed by atoms with Crippen molar-refractivity contribution in [3.63, 3.8) is 0 Å². The maximum absolute atomic E-state index is 12.2. The van der Waals surface area contributed by atoms with Gasteiger partial charge in [0.05, 0.1) is 12.7 Å². The summed E-state index contributed by atoms with van der Waals surface area (Å²) >= 11 is 0. The lowest BCUT2D eigenvalue weighted by atomic mass is 9.81. The Labute approximate surface area is 115 Å². The molecule has 0 radical (unpaired) electrons. The second kappa shape index (κ2) is 5.95. The summed E-state index contributed by atoms with van der Waals surface area (Å²) in [7, 11) is 1.53.